The Hall–Kier alpha value is -1.10. The largest absolute Gasteiger partial charge is 0.348 e. The molecule has 1 unspecified atom stereocenters. The molecule has 0 spiro atoms. The number of rotatable bonds is 6. The Kier molecular flexibility index (Phi) is 6.99. The van der Waals surface area contributed by atoms with Gasteiger partial charge in [0.1, 0.15) is 0 Å². The van der Waals surface area contributed by atoms with Crippen LogP contribution in [0.15, 0.2) is 29.6 Å². The molecule has 2 aromatic rings. The summed E-state index contributed by atoms with van der Waals surface area (Å²) in [6.07, 6.45) is 3.15. The topological polar surface area (TPSA) is 55.1 Å². The molecule has 20 heavy (non-hydrogen) atoms. The van der Waals surface area contributed by atoms with Crippen molar-refractivity contribution in [1.82, 2.24) is 5.32 Å². The first-order valence-electron chi connectivity index (χ1n) is 6.72. The van der Waals surface area contributed by atoms with Crippen molar-refractivity contribution in [1.29, 1.82) is 0 Å². The molecule has 0 fully saturated rings. The highest BCUT2D eigenvalue weighted by molar-refractivity contribution is 7.17. The number of hydrogen-bond donors (Lipinski definition) is 2. The molecule has 0 aliphatic rings. The van der Waals surface area contributed by atoms with Gasteiger partial charge in [0, 0.05) is 22.8 Å². The monoisotopic (exact) mass is 312 g/mol. The normalized spacial score (nSPS) is 11.9. The Balaban J connectivity index is 0.00000200. The third-order valence-corrected chi connectivity index (χ3v) is 4.14. The number of carbonyl (C=O) groups is 1. The smallest absolute Gasteiger partial charge is 0.251 e. The van der Waals surface area contributed by atoms with E-state index in [2.05, 4.69) is 12.2 Å². The van der Waals surface area contributed by atoms with Crippen molar-refractivity contribution in [2.75, 3.05) is 6.54 Å². The molecule has 1 atom stereocenters. The van der Waals surface area contributed by atoms with Crippen molar-refractivity contribution in [2.45, 2.75) is 32.2 Å². The highest BCUT2D eigenvalue weighted by Crippen LogP contribution is 2.21. The quantitative estimate of drug-likeness (QED) is 0.856. The third kappa shape index (κ3) is 4.20. The molecular formula is C15H21ClN2OS. The molecule has 110 valence electrons. The second-order valence-corrected chi connectivity index (χ2v) is 5.67. The van der Waals surface area contributed by atoms with E-state index in [1.165, 1.54) is 4.70 Å². The van der Waals surface area contributed by atoms with Crippen LogP contribution in [0.5, 0.6) is 0 Å². The number of fused-ring (bicyclic) bond motifs is 1. The van der Waals surface area contributed by atoms with Gasteiger partial charge in [-0.25, -0.2) is 0 Å². The van der Waals surface area contributed by atoms with E-state index in [0.29, 0.717) is 12.1 Å². The van der Waals surface area contributed by atoms with Crippen LogP contribution in [0.2, 0.25) is 0 Å². The lowest BCUT2D eigenvalue weighted by Crippen LogP contribution is -2.40. The lowest BCUT2D eigenvalue weighted by Gasteiger charge is -2.16. The van der Waals surface area contributed by atoms with Crippen molar-refractivity contribution < 1.29 is 4.79 Å². The zero-order valence-electron chi connectivity index (χ0n) is 11.6. The Labute approximate surface area is 130 Å². The first-order chi connectivity index (χ1) is 9.24. The number of carbonyl (C=O) groups excluding carboxylic acids is 1. The van der Waals surface area contributed by atoms with Gasteiger partial charge in [-0.05, 0) is 41.5 Å². The van der Waals surface area contributed by atoms with Gasteiger partial charge in [0.25, 0.3) is 5.91 Å². The van der Waals surface area contributed by atoms with Gasteiger partial charge in [0.2, 0.25) is 0 Å². The van der Waals surface area contributed by atoms with Crippen LogP contribution in [0, 0.1) is 0 Å². The Morgan fingerprint density at radius 3 is 2.90 bits per heavy atom. The molecule has 3 nitrogen and oxygen atoms in total. The predicted octanol–water partition coefficient (Wildman–Crippen LogP) is 3.57. The molecule has 3 N–H and O–H groups in total. The van der Waals surface area contributed by atoms with E-state index in [1.54, 1.807) is 11.3 Å². The summed E-state index contributed by atoms with van der Waals surface area (Å²) >= 11 is 1.69. The predicted molar refractivity (Wildman–Crippen MR) is 88.9 cm³/mol. The van der Waals surface area contributed by atoms with Gasteiger partial charge >= 0.3 is 0 Å². The number of unbranched alkanes of at least 4 members (excludes halogenated alkanes) is 1. The summed E-state index contributed by atoms with van der Waals surface area (Å²) in [6.45, 7) is 2.63. The maximum atomic E-state index is 12.2. The van der Waals surface area contributed by atoms with Gasteiger partial charge in [-0.2, -0.15) is 0 Å². The molecule has 0 aliphatic heterocycles. The van der Waals surface area contributed by atoms with E-state index in [4.69, 9.17) is 5.73 Å². The summed E-state index contributed by atoms with van der Waals surface area (Å²) in [4.78, 5) is 12.2. The second kappa shape index (κ2) is 8.25. The highest BCUT2D eigenvalue weighted by Gasteiger charge is 2.12. The Bertz CT molecular complexity index is 556. The van der Waals surface area contributed by atoms with E-state index in [1.807, 2.05) is 29.6 Å². The summed E-state index contributed by atoms with van der Waals surface area (Å²) < 4.78 is 1.21. The first kappa shape index (κ1) is 17.0. The van der Waals surface area contributed by atoms with Crippen LogP contribution in [0.1, 0.15) is 36.5 Å². The fraction of sp³-hybridized carbons (Fsp3) is 0.400. The molecule has 0 bridgehead atoms. The van der Waals surface area contributed by atoms with Crippen LogP contribution in [0.3, 0.4) is 0 Å². The van der Waals surface area contributed by atoms with Crippen LogP contribution in [-0.4, -0.2) is 18.5 Å². The number of amides is 1. The number of benzene rings is 1. The molecule has 0 aliphatic carbocycles. The Morgan fingerprint density at radius 1 is 1.40 bits per heavy atom. The molecule has 0 saturated carbocycles. The van der Waals surface area contributed by atoms with Crippen molar-refractivity contribution in [3.8, 4) is 0 Å². The summed E-state index contributed by atoms with van der Waals surface area (Å²) in [5.41, 5.74) is 6.41. The average molecular weight is 313 g/mol. The van der Waals surface area contributed by atoms with Gasteiger partial charge in [0.15, 0.2) is 0 Å². The zero-order valence-corrected chi connectivity index (χ0v) is 13.2. The SMILES string of the molecule is CCCCC(CN)NC(=O)c1ccc2sccc2c1.Cl. The highest BCUT2D eigenvalue weighted by atomic mass is 35.5. The molecule has 1 amide bonds. The van der Waals surface area contributed by atoms with Crippen LogP contribution in [0.4, 0.5) is 0 Å². The summed E-state index contributed by atoms with van der Waals surface area (Å²) in [5, 5.41) is 6.17. The molecular weight excluding hydrogens is 292 g/mol. The first-order valence-corrected chi connectivity index (χ1v) is 7.60. The van der Waals surface area contributed by atoms with Gasteiger partial charge < -0.3 is 11.1 Å². The molecule has 5 heteroatoms. The molecule has 1 heterocycles. The van der Waals surface area contributed by atoms with Crippen LogP contribution >= 0.6 is 23.7 Å². The van der Waals surface area contributed by atoms with Gasteiger partial charge in [-0.1, -0.05) is 19.8 Å². The average Bonchev–Trinajstić information content (AvgIpc) is 2.90. The van der Waals surface area contributed by atoms with Crippen molar-refractivity contribution in [2.24, 2.45) is 5.73 Å². The fourth-order valence-corrected chi connectivity index (χ4v) is 2.85. The minimum atomic E-state index is -0.0281. The van der Waals surface area contributed by atoms with Crippen LogP contribution < -0.4 is 11.1 Å². The van der Waals surface area contributed by atoms with Crippen LogP contribution in [-0.2, 0) is 0 Å². The summed E-state index contributed by atoms with van der Waals surface area (Å²) in [7, 11) is 0. The fourth-order valence-electron chi connectivity index (χ4n) is 2.08. The van der Waals surface area contributed by atoms with E-state index in [-0.39, 0.29) is 24.4 Å². The maximum absolute atomic E-state index is 12.2. The molecule has 2 rings (SSSR count). The number of halogens is 1. The van der Waals surface area contributed by atoms with Gasteiger partial charge in [-0.3, -0.25) is 4.79 Å². The number of nitrogens with one attached hydrogen (secondary N) is 1. The number of hydrogen-bond acceptors (Lipinski definition) is 3. The maximum Gasteiger partial charge on any atom is 0.251 e. The van der Waals surface area contributed by atoms with Gasteiger partial charge in [-0.15, -0.1) is 23.7 Å². The lowest BCUT2D eigenvalue weighted by atomic mass is 10.1. The summed E-state index contributed by atoms with van der Waals surface area (Å²) in [6, 6.07) is 7.92. The second-order valence-electron chi connectivity index (χ2n) is 4.72. The molecule has 1 aromatic carbocycles. The van der Waals surface area contributed by atoms with E-state index in [9.17, 15) is 4.79 Å². The third-order valence-electron chi connectivity index (χ3n) is 3.24. The standard InChI is InChI=1S/C15H20N2OS.ClH/c1-2-3-4-13(10-16)17-15(18)12-5-6-14-11(9-12)7-8-19-14;/h5-9,13H,2-4,10,16H2,1H3,(H,17,18);1H. The van der Waals surface area contributed by atoms with E-state index < -0.39 is 0 Å². The molecule has 0 radical (unpaired) electrons. The van der Waals surface area contributed by atoms with Crippen molar-refractivity contribution in [3.63, 3.8) is 0 Å². The molecule has 1 aromatic heterocycles. The minimum absolute atomic E-state index is 0. The van der Waals surface area contributed by atoms with E-state index in [0.717, 1.165) is 24.6 Å². The van der Waals surface area contributed by atoms with E-state index >= 15 is 0 Å². The van der Waals surface area contributed by atoms with Crippen LogP contribution in [0.25, 0.3) is 10.1 Å². The molecule has 0 saturated heterocycles. The zero-order chi connectivity index (χ0) is 13.7. The van der Waals surface area contributed by atoms with Gasteiger partial charge in [0.05, 0.1) is 0 Å². The summed E-state index contributed by atoms with van der Waals surface area (Å²) in [5.74, 6) is -0.0281. The number of thiophene rings is 1. The number of nitrogens with two attached hydrogens (primary N) is 1. The van der Waals surface area contributed by atoms with Crippen molar-refractivity contribution >= 4 is 39.7 Å². The van der Waals surface area contributed by atoms with Crippen molar-refractivity contribution in [3.05, 3.63) is 35.2 Å². The lowest BCUT2D eigenvalue weighted by molar-refractivity contribution is 0.0936. The minimum Gasteiger partial charge on any atom is -0.348 e. The Morgan fingerprint density at radius 2 is 2.20 bits per heavy atom.